The van der Waals surface area contributed by atoms with Gasteiger partial charge in [0.25, 0.3) is 11.8 Å². The maximum absolute atomic E-state index is 13.1. The second-order valence-corrected chi connectivity index (χ2v) is 10.6. The largest absolute Gasteiger partial charge is 0.349 e. The van der Waals surface area contributed by atoms with Gasteiger partial charge in [-0.2, -0.15) is 4.31 Å². The molecule has 0 bridgehead atoms. The molecule has 2 saturated carbocycles. The maximum atomic E-state index is 13.1. The van der Waals surface area contributed by atoms with Crippen molar-refractivity contribution in [1.29, 1.82) is 0 Å². The van der Waals surface area contributed by atoms with Gasteiger partial charge in [0.2, 0.25) is 10.0 Å². The molecule has 2 amide bonds. The van der Waals surface area contributed by atoms with Gasteiger partial charge in [-0.15, -0.1) is 0 Å². The third-order valence-corrected chi connectivity index (χ3v) is 8.06. The van der Waals surface area contributed by atoms with Crippen molar-refractivity contribution in [2.45, 2.75) is 61.9 Å². The Bertz CT molecular complexity index is 1110. The Balaban J connectivity index is 1.48. The Morgan fingerprint density at radius 2 is 1.53 bits per heavy atom. The van der Waals surface area contributed by atoms with Crippen molar-refractivity contribution < 1.29 is 18.0 Å². The Kier molecular flexibility index (Phi) is 6.62. The molecule has 0 heterocycles. The summed E-state index contributed by atoms with van der Waals surface area (Å²) in [5.41, 5.74) is 1.20. The van der Waals surface area contributed by atoms with Crippen LogP contribution in [-0.2, 0) is 10.0 Å². The van der Waals surface area contributed by atoms with Crippen molar-refractivity contribution in [1.82, 2.24) is 9.62 Å². The van der Waals surface area contributed by atoms with Crippen molar-refractivity contribution in [2.75, 3.05) is 12.4 Å². The van der Waals surface area contributed by atoms with Gasteiger partial charge in [-0.05, 0) is 62.1 Å². The van der Waals surface area contributed by atoms with E-state index in [1.165, 1.54) is 16.4 Å². The monoisotopic (exact) mass is 455 g/mol. The zero-order chi connectivity index (χ0) is 22.7. The average Bonchev–Trinajstić information content (AvgIpc) is 3.63. The number of nitrogens with one attached hydrogen (secondary N) is 2. The lowest BCUT2D eigenvalue weighted by molar-refractivity contribution is 0.0949. The van der Waals surface area contributed by atoms with E-state index in [0.717, 1.165) is 44.9 Å². The molecule has 32 heavy (non-hydrogen) atoms. The lowest BCUT2D eigenvalue weighted by Gasteiger charge is -2.30. The zero-order valence-corrected chi connectivity index (χ0v) is 19.0. The van der Waals surface area contributed by atoms with Crippen molar-refractivity contribution in [3.05, 3.63) is 59.7 Å². The SMILES string of the molecule is CN(C1CCCCC1)S(=O)(=O)c1cccc(C(=O)Nc2cccc(C(=O)NC3CC3)c2)c1. The van der Waals surface area contributed by atoms with Crippen LogP contribution in [0.4, 0.5) is 5.69 Å². The van der Waals surface area contributed by atoms with Gasteiger partial charge < -0.3 is 10.6 Å². The summed E-state index contributed by atoms with van der Waals surface area (Å²) in [7, 11) is -2.07. The smallest absolute Gasteiger partial charge is 0.255 e. The van der Waals surface area contributed by atoms with E-state index in [4.69, 9.17) is 0 Å². The van der Waals surface area contributed by atoms with Gasteiger partial charge in [0.05, 0.1) is 4.90 Å². The van der Waals surface area contributed by atoms with Crippen LogP contribution in [0, 0.1) is 0 Å². The minimum absolute atomic E-state index is 0.00393. The van der Waals surface area contributed by atoms with Gasteiger partial charge in [-0.1, -0.05) is 31.4 Å². The summed E-state index contributed by atoms with van der Waals surface area (Å²) in [4.78, 5) is 25.2. The van der Waals surface area contributed by atoms with Crippen molar-refractivity contribution >= 4 is 27.5 Å². The van der Waals surface area contributed by atoms with Crippen LogP contribution in [-0.4, -0.2) is 43.7 Å². The molecule has 2 fully saturated rings. The summed E-state index contributed by atoms with van der Waals surface area (Å²) in [5.74, 6) is -0.593. The number of carbonyl (C=O) groups is 2. The summed E-state index contributed by atoms with van der Waals surface area (Å²) >= 11 is 0. The molecule has 0 aromatic heterocycles. The van der Waals surface area contributed by atoms with Crippen molar-refractivity contribution in [2.24, 2.45) is 0 Å². The minimum atomic E-state index is -3.69. The average molecular weight is 456 g/mol. The fourth-order valence-corrected chi connectivity index (χ4v) is 5.51. The number of hydrogen-bond donors (Lipinski definition) is 2. The Morgan fingerprint density at radius 3 is 2.22 bits per heavy atom. The molecule has 0 radical (unpaired) electrons. The fourth-order valence-electron chi connectivity index (χ4n) is 4.04. The number of benzene rings is 2. The maximum Gasteiger partial charge on any atom is 0.255 e. The molecule has 0 saturated heterocycles. The van der Waals surface area contributed by atoms with Gasteiger partial charge in [0.15, 0.2) is 0 Å². The third kappa shape index (κ3) is 5.19. The molecule has 0 atom stereocenters. The van der Waals surface area contributed by atoms with Crippen LogP contribution in [0.25, 0.3) is 0 Å². The number of carbonyl (C=O) groups excluding carboxylic acids is 2. The lowest BCUT2D eigenvalue weighted by atomic mass is 9.96. The minimum Gasteiger partial charge on any atom is -0.349 e. The topological polar surface area (TPSA) is 95.6 Å². The van der Waals surface area contributed by atoms with Gasteiger partial charge in [0, 0.05) is 35.9 Å². The van der Waals surface area contributed by atoms with E-state index in [1.807, 2.05) is 0 Å². The summed E-state index contributed by atoms with van der Waals surface area (Å²) in [6.45, 7) is 0. The van der Waals surface area contributed by atoms with E-state index in [9.17, 15) is 18.0 Å². The first-order valence-corrected chi connectivity index (χ1v) is 12.6. The van der Waals surface area contributed by atoms with Gasteiger partial charge in [-0.3, -0.25) is 9.59 Å². The summed E-state index contributed by atoms with van der Waals surface area (Å²) in [6.07, 6.45) is 6.93. The number of rotatable bonds is 7. The predicted molar refractivity (Wildman–Crippen MR) is 123 cm³/mol. The molecule has 0 aliphatic heterocycles. The third-order valence-electron chi connectivity index (χ3n) is 6.16. The number of amides is 2. The van der Waals surface area contributed by atoms with Gasteiger partial charge in [-0.25, -0.2) is 8.42 Å². The van der Waals surface area contributed by atoms with E-state index in [-0.39, 0.29) is 28.4 Å². The molecule has 2 aromatic rings. The quantitative estimate of drug-likeness (QED) is 0.664. The van der Waals surface area contributed by atoms with E-state index in [1.54, 1.807) is 43.4 Å². The molecule has 0 spiro atoms. The molecule has 0 unspecified atom stereocenters. The molecular weight excluding hydrogens is 426 g/mol. The summed E-state index contributed by atoms with van der Waals surface area (Å²) in [5, 5.41) is 5.69. The Hall–Kier alpha value is -2.71. The molecule has 2 N–H and O–H groups in total. The molecular formula is C24H29N3O4S. The summed E-state index contributed by atoms with van der Waals surface area (Å²) in [6, 6.07) is 13.1. The molecule has 170 valence electrons. The second kappa shape index (κ2) is 9.42. The van der Waals surface area contributed by atoms with Crippen LogP contribution in [0.2, 0.25) is 0 Å². The van der Waals surface area contributed by atoms with Crippen LogP contribution in [0.1, 0.15) is 65.7 Å². The summed E-state index contributed by atoms with van der Waals surface area (Å²) < 4.78 is 27.7. The molecule has 2 aromatic carbocycles. The van der Waals surface area contributed by atoms with Crippen LogP contribution >= 0.6 is 0 Å². The van der Waals surface area contributed by atoms with E-state index < -0.39 is 15.9 Å². The van der Waals surface area contributed by atoms with Gasteiger partial charge in [0.1, 0.15) is 0 Å². The van der Waals surface area contributed by atoms with E-state index in [0.29, 0.717) is 11.3 Å². The van der Waals surface area contributed by atoms with Crippen LogP contribution in [0.5, 0.6) is 0 Å². The molecule has 4 rings (SSSR count). The van der Waals surface area contributed by atoms with Crippen LogP contribution < -0.4 is 10.6 Å². The number of sulfonamides is 1. The number of anilines is 1. The van der Waals surface area contributed by atoms with Crippen molar-refractivity contribution in [3.63, 3.8) is 0 Å². The van der Waals surface area contributed by atoms with E-state index >= 15 is 0 Å². The molecule has 7 nitrogen and oxygen atoms in total. The normalized spacial score (nSPS) is 17.2. The first-order valence-electron chi connectivity index (χ1n) is 11.1. The number of hydrogen-bond acceptors (Lipinski definition) is 4. The highest BCUT2D eigenvalue weighted by Crippen LogP contribution is 2.27. The van der Waals surface area contributed by atoms with Crippen LogP contribution in [0.3, 0.4) is 0 Å². The first kappa shape index (κ1) is 22.5. The highest BCUT2D eigenvalue weighted by molar-refractivity contribution is 7.89. The van der Waals surface area contributed by atoms with E-state index in [2.05, 4.69) is 10.6 Å². The fraction of sp³-hybridized carbons (Fsp3) is 0.417. The standard InChI is InChI=1S/C24H29N3O4S/c1-27(21-10-3-2-4-11-21)32(30,31)22-12-6-8-18(16-22)24(29)26-20-9-5-7-17(15-20)23(28)25-19-13-14-19/h5-9,12,15-16,19,21H,2-4,10-11,13-14H2,1H3,(H,25,28)(H,26,29). The highest BCUT2D eigenvalue weighted by atomic mass is 32.2. The molecule has 8 heteroatoms. The predicted octanol–water partition coefficient (Wildman–Crippen LogP) is 3.78. The van der Waals surface area contributed by atoms with Crippen LogP contribution in [0.15, 0.2) is 53.4 Å². The van der Waals surface area contributed by atoms with Gasteiger partial charge >= 0.3 is 0 Å². The molecule has 2 aliphatic carbocycles. The second-order valence-electron chi connectivity index (χ2n) is 8.62. The lowest BCUT2D eigenvalue weighted by Crippen LogP contribution is -2.38. The highest BCUT2D eigenvalue weighted by Gasteiger charge is 2.29. The number of nitrogens with zero attached hydrogens (tertiary/aromatic N) is 1. The molecule has 2 aliphatic rings. The first-order chi connectivity index (χ1) is 15.3. The Labute approximate surface area is 189 Å². The zero-order valence-electron chi connectivity index (χ0n) is 18.2. The Morgan fingerprint density at radius 1 is 0.875 bits per heavy atom. The van der Waals surface area contributed by atoms with Crippen molar-refractivity contribution in [3.8, 4) is 0 Å².